The normalized spacial score (nSPS) is 12.5. The molecule has 6 heteroatoms. The van der Waals surface area contributed by atoms with Crippen molar-refractivity contribution < 1.29 is 23.9 Å². The molecule has 1 unspecified atom stereocenters. The van der Waals surface area contributed by atoms with Gasteiger partial charge in [-0.3, -0.25) is 14.4 Å². The van der Waals surface area contributed by atoms with Crippen molar-refractivity contribution in [3.05, 3.63) is 65.3 Å². The minimum absolute atomic E-state index is 0.0818. The maximum absolute atomic E-state index is 12.7. The van der Waals surface area contributed by atoms with E-state index in [9.17, 15) is 14.4 Å². The molecule has 1 atom stereocenters. The Labute approximate surface area is 185 Å². The highest BCUT2D eigenvalue weighted by atomic mass is 16.5. The van der Waals surface area contributed by atoms with Crippen LogP contribution in [0.15, 0.2) is 59.7 Å². The summed E-state index contributed by atoms with van der Waals surface area (Å²) >= 11 is 0. The number of hydrogen-bond acceptors (Lipinski definition) is 5. The molecule has 0 aliphatic carbocycles. The molecular weight excluding hydrogens is 394 g/mol. The summed E-state index contributed by atoms with van der Waals surface area (Å²) < 4.78 is 9.87. The van der Waals surface area contributed by atoms with Crippen molar-refractivity contribution >= 4 is 23.4 Å². The van der Waals surface area contributed by atoms with Gasteiger partial charge in [-0.1, -0.05) is 53.6 Å². The van der Waals surface area contributed by atoms with Crippen molar-refractivity contribution in [2.24, 2.45) is 5.92 Å². The van der Waals surface area contributed by atoms with Crippen LogP contribution in [0.5, 0.6) is 0 Å². The topological polar surface area (TPSA) is 81.7 Å². The molecule has 168 valence electrons. The Hall–Kier alpha value is -3.15. The van der Waals surface area contributed by atoms with E-state index in [1.807, 2.05) is 50.3 Å². The number of rotatable bonds is 11. The number of nitrogens with one attached hydrogen (secondary N) is 1. The number of hydrogen-bond donors (Lipinski definition) is 1. The number of ether oxygens (including phenoxy) is 2. The maximum Gasteiger partial charge on any atom is 0.325 e. The van der Waals surface area contributed by atoms with Crippen molar-refractivity contribution in [2.45, 2.75) is 40.5 Å². The Balaban J connectivity index is 2.86. The molecule has 0 radical (unpaired) electrons. The molecule has 31 heavy (non-hydrogen) atoms. The average molecular weight is 428 g/mol. The van der Waals surface area contributed by atoms with E-state index >= 15 is 0 Å². The van der Waals surface area contributed by atoms with E-state index in [0.29, 0.717) is 0 Å². The fourth-order valence-corrected chi connectivity index (χ4v) is 2.69. The van der Waals surface area contributed by atoms with E-state index in [1.54, 1.807) is 6.08 Å². The zero-order chi connectivity index (χ0) is 23.2. The molecule has 1 aromatic rings. The van der Waals surface area contributed by atoms with Gasteiger partial charge in [0.05, 0.1) is 7.11 Å². The van der Waals surface area contributed by atoms with Gasteiger partial charge in [0.2, 0.25) is 5.91 Å². The third-order valence-electron chi connectivity index (χ3n) is 4.57. The first kappa shape index (κ1) is 25.9. The molecule has 1 N–H and O–H groups in total. The van der Waals surface area contributed by atoms with Gasteiger partial charge in [-0.05, 0) is 57.7 Å². The van der Waals surface area contributed by atoms with Gasteiger partial charge < -0.3 is 14.8 Å². The summed E-state index contributed by atoms with van der Waals surface area (Å²) in [6.07, 6.45) is 7.35. The first-order valence-electron chi connectivity index (χ1n) is 10.3. The van der Waals surface area contributed by atoms with Crippen molar-refractivity contribution in [3.63, 3.8) is 0 Å². The van der Waals surface area contributed by atoms with Crippen molar-refractivity contribution in [2.75, 3.05) is 20.3 Å². The molecule has 0 aliphatic rings. The van der Waals surface area contributed by atoms with Gasteiger partial charge in [-0.2, -0.15) is 0 Å². The number of esters is 2. The first-order chi connectivity index (χ1) is 14.7. The van der Waals surface area contributed by atoms with Crippen LogP contribution in [0.25, 0.3) is 5.57 Å². The molecule has 0 aliphatic heterocycles. The standard InChI is InChI=1S/C25H33NO5/c1-18(2)10-9-11-19(3)14-15-31-25(29)22(24(28)26-17-23(27)30-5)16-20(4)21-12-7-6-8-13-21/h6-8,10,12-14,16,22H,9,11,15,17H2,1-5H3,(H,26,28)/b19-14-,20-16+. The Morgan fingerprint density at radius 3 is 2.32 bits per heavy atom. The number of benzene rings is 1. The third-order valence-corrected chi connectivity index (χ3v) is 4.57. The van der Waals surface area contributed by atoms with Crippen LogP contribution in [0.1, 0.15) is 46.1 Å². The van der Waals surface area contributed by atoms with E-state index in [-0.39, 0.29) is 13.2 Å². The molecule has 0 spiro atoms. The van der Waals surface area contributed by atoms with Gasteiger partial charge >= 0.3 is 11.9 Å². The SMILES string of the molecule is COC(=O)CNC(=O)C(/C=C(\C)c1ccccc1)C(=O)OC/C=C(/C)CCC=C(C)C. The number of carbonyl (C=O) groups excluding carboxylic acids is 3. The fraction of sp³-hybridized carbons (Fsp3) is 0.400. The highest BCUT2D eigenvalue weighted by Crippen LogP contribution is 2.17. The van der Waals surface area contributed by atoms with Gasteiger partial charge in [0.1, 0.15) is 13.2 Å². The largest absolute Gasteiger partial charge is 0.468 e. The van der Waals surface area contributed by atoms with Gasteiger partial charge in [0.15, 0.2) is 5.92 Å². The zero-order valence-corrected chi connectivity index (χ0v) is 19.1. The maximum atomic E-state index is 12.7. The Morgan fingerprint density at radius 2 is 1.71 bits per heavy atom. The summed E-state index contributed by atoms with van der Waals surface area (Å²) in [5, 5.41) is 2.43. The molecule has 6 nitrogen and oxygen atoms in total. The van der Waals surface area contributed by atoms with Crippen molar-refractivity contribution in [3.8, 4) is 0 Å². The van der Waals surface area contributed by atoms with Crippen molar-refractivity contribution in [1.82, 2.24) is 5.32 Å². The van der Waals surface area contributed by atoms with Crippen LogP contribution in [0.3, 0.4) is 0 Å². The van der Waals surface area contributed by atoms with Crippen LogP contribution in [-0.2, 0) is 23.9 Å². The molecule has 1 aromatic carbocycles. The molecule has 1 rings (SSSR count). The lowest BCUT2D eigenvalue weighted by Crippen LogP contribution is -2.38. The highest BCUT2D eigenvalue weighted by Gasteiger charge is 2.26. The molecule has 0 aromatic heterocycles. The van der Waals surface area contributed by atoms with Crippen LogP contribution >= 0.6 is 0 Å². The van der Waals surface area contributed by atoms with Crippen LogP contribution in [0.4, 0.5) is 0 Å². The predicted octanol–water partition coefficient (Wildman–Crippen LogP) is 4.23. The second kappa shape index (κ2) is 14.0. The molecular formula is C25H33NO5. The molecule has 0 heterocycles. The molecule has 0 saturated heterocycles. The van der Waals surface area contributed by atoms with E-state index in [4.69, 9.17) is 4.74 Å². The van der Waals surface area contributed by atoms with Crippen LogP contribution in [0.2, 0.25) is 0 Å². The zero-order valence-electron chi connectivity index (χ0n) is 19.1. The van der Waals surface area contributed by atoms with Gasteiger partial charge in [0.25, 0.3) is 0 Å². The quantitative estimate of drug-likeness (QED) is 0.325. The van der Waals surface area contributed by atoms with E-state index in [2.05, 4.69) is 30.0 Å². The van der Waals surface area contributed by atoms with Crippen LogP contribution < -0.4 is 5.32 Å². The van der Waals surface area contributed by atoms with E-state index < -0.39 is 23.8 Å². The number of methoxy groups -OCH3 is 1. The van der Waals surface area contributed by atoms with Gasteiger partial charge in [-0.15, -0.1) is 0 Å². The summed E-state index contributed by atoms with van der Waals surface area (Å²) in [6.45, 7) is 7.66. The van der Waals surface area contributed by atoms with Crippen molar-refractivity contribution in [1.29, 1.82) is 0 Å². The lowest BCUT2D eigenvalue weighted by atomic mass is 10.0. The second-order valence-electron chi connectivity index (χ2n) is 7.49. The van der Waals surface area contributed by atoms with E-state index in [1.165, 1.54) is 12.7 Å². The highest BCUT2D eigenvalue weighted by molar-refractivity contribution is 6.01. The van der Waals surface area contributed by atoms with Gasteiger partial charge in [-0.25, -0.2) is 0 Å². The lowest BCUT2D eigenvalue weighted by molar-refractivity contribution is -0.150. The summed E-state index contributed by atoms with van der Waals surface area (Å²) in [6, 6.07) is 9.41. The summed E-state index contributed by atoms with van der Waals surface area (Å²) in [7, 11) is 1.23. The molecule has 1 amide bonds. The number of carbonyl (C=O) groups is 3. The third kappa shape index (κ3) is 10.4. The molecule has 0 bridgehead atoms. The average Bonchev–Trinajstić information content (AvgIpc) is 2.75. The minimum Gasteiger partial charge on any atom is -0.468 e. The summed E-state index contributed by atoms with van der Waals surface area (Å²) in [4.78, 5) is 36.6. The van der Waals surface area contributed by atoms with Crippen LogP contribution in [0, 0.1) is 5.92 Å². The smallest absolute Gasteiger partial charge is 0.325 e. The number of amides is 1. The first-order valence-corrected chi connectivity index (χ1v) is 10.3. The monoisotopic (exact) mass is 427 g/mol. The summed E-state index contributed by atoms with van der Waals surface area (Å²) in [5.74, 6) is -3.07. The molecule has 0 saturated carbocycles. The van der Waals surface area contributed by atoms with E-state index in [0.717, 1.165) is 29.6 Å². The van der Waals surface area contributed by atoms with Crippen LogP contribution in [-0.4, -0.2) is 38.1 Å². The Bertz CT molecular complexity index is 833. The lowest BCUT2D eigenvalue weighted by Gasteiger charge is -2.14. The Morgan fingerprint density at radius 1 is 1.03 bits per heavy atom. The minimum atomic E-state index is -1.18. The Kier molecular flexibility index (Phi) is 11.7. The van der Waals surface area contributed by atoms with Gasteiger partial charge in [0, 0.05) is 0 Å². The fourth-order valence-electron chi connectivity index (χ4n) is 2.69. The second-order valence-corrected chi connectivity index (χ2v) is 7.49. The number of allylic oxidation sites excluding steroid dienone is 4. The summed E-state index contributed by atoms with van der Waals surface area (Å²) in [5.41, 5.74) is 4.01. The predicted molar refractivity (Wildman–Crippen MR) is 122 cm³/mol. The molecule has 0 fully saturated rings.